The van der Waals surface area contributed by atoms with Gasteiger partial charge in [0.2, 0.25) is 5.82 Å². The van der Waals surface area contributed by atoms with Crippen molar-refractivity contribution >= 4 is 0 Å². The van der Waals surface area contributed by atoms with Gasteiger partial charge in [-0.1, -0.05) is 5.16 Å². The van der Waals surface area contributed by atoms with Crippen LogP contribution in [0.4, 0.5) is 8.78 Å². The van der Waals surface area contributed by atoms with Crippen molar-refractivity contribution in [3.63, 3.8) is 0 Å². The second-order valence-corrected chi connectivity index (χ2v) is 3.98. The Hall–Kier alpha value is -2.83. The Kier molecular flexibility index (Phi) is 2.86. The highest BCUT2D eigenvalue weighted by Crippen LogP contribution is 2.24. The zero-order valence-corrected chi connectivity index (χ0v) is 9.92. The molecule has 5 nitrogen and oxygen atoms in total. The van der Waals surface area contributed by atoms with E-state index in [1.54, 1.807) is 0 Å². The average Bonchev–Trinajstić information content (AvgIpc) is 2.92. The van der Waals surface area contributed by atoms with E-state index in [0.29, 0.717) is 5.56 Å². The lowest BCUT2D eigenvalue weighted by atomic mass is 10.2. The summed E-state index contributed by atoms with van der Waals surface area (Å²) in [7, 11) is 0. The standard InChI is InChI=1S/C13H7F2N3O2/c14-10-2-1-7(4-11(10)15)12-17-13(20-18-12)8-3-9(19)6-16-5-8/h1-6,19H. The number of aromatic nitrogens is 3. The smallest absolute Gasteiger partial charge is 0.259 e. The summed E-state index contributed by atoms with van der Waals surface area (Å²) >= 11 is 0. The molecule has 100 valence electrons. The van der Waals surface area contributed by atoms with Gasteiger partial charge in [-0.3, -0.25) is 4.98 Å². The van der Waals surface area contributed by atoms with E-state index < -0.39 is 11.6 Å². The maximum Gasteiger partial charge on any atom is 0.259 e. The van der Waals surface area contributed by atoms with Crippen LogP contribution in [0.1, 0.15) is 0 Å². The molecule has 20 heavy (non-hydrogen) atoms. The second-order valence-electron chi connectivity index (χ2n) is 3.98. The number of halogens is 2. The fraction of sp³-hybridized carbons (Fsp3) is 0. The number of nitrogens with zero attached hydrogens (tertiary/aromatic N) is 3. The number of hydrogen-bond acceptors (Lipinski definition) is 5. The van der Waals surface area contributed by atoms with E-state index in [9.17, 15) is 13.9 Å². The van der Waals surface area contributed by atoms with Crippen LogP contribution in [-0.2, 0) is 0 Å². The Labute approximate surface area is 111 Å². The third-order valence-electron chi connectivity index (χ3n) is 2.57. The monoisotopic (exact) mass is 275 g/mol. The van der Waals surface area contributed by atoms with Gasteiger partial charge in [-0.15, -0.1) is 0 Å². The summed E-state index contributed by atoms with van der Waals surface area (Å²) in [5.74, 6) is -1.76. The fourth-order valence-corrected chi connectivity index (χ4v) is 1.64. The van der Waals surface area contributed by atoms with E-state index in [0.717, 1.165) is 12.1 Å². The van der Waals surface area contributed by atoms with Crippen LogP contribution in [0.25, 0.3) is 22.8 Å². The first-order valence-corrected chi connectivity index (χ1v) is 5.57. The van der Waals surface area contributed by atoms with E-state index >= 15 is 0 Å². The largest absolute Gasteiger partial charge is 0.506 e. The topological polar surface area (TPSA) is 72.0 Å². The van der Waals surface area contributed by atoms with Crippen molar-refractivity contribution in [1.82, 2.24) is 15.1 Å². The predicted molar refractivity (Wildman–Crippen MR) is 64.5 cm³/mol. The lowest BCUT2D eigenvalue weighted by molar-refractivity contribution is 0.431. The van der Waals surface area contributed by atoms with Gasteiger partial charge in [0.1, 0.15) is 5.75 Å². The number of benzene rings is 1. The zero-order chi connectivity index (χ0) is 14.1. The van der Waals surface area contributed by atoms with Crippen LogP contribution in [0.2, 0.25) is 0 Å². The summed E-state index contributed by atoms with van der Waals surface area (Å²) in [6.45, 7) is 0. The molecule has 0 saturated heterocycles. The number of aromatic hydroxyl groups is 1. The summed E-state index contributed by atoms with van der Waals surface area (Å²) in [4.78, 5) is 7.83. The second kappa shape index (κ2) is 4.69. The summed E-state index contributed by atoms with van der Waals surface area (Å²) in [5, 5.41) is 13.0. The molecule has 0 aliphatic carbocycles. The number of hydrogen-bond donors (Lipinski definition) is 1. The van der Waals surface area contributed by atoms with Gasteiger partial charge < -0.3 is 9.63 Å². The average molecular weight is 275 g/mol. The van der Waals surface area contributed by atoms with Crippen molar-refractivity contribution in [3.05, 3.63) is 48.3 Å². The molecule has 3 rings (SSSR count). The van der Waals surface area contributed by atoms with Crippen molar-refractivity contribution in [2.45, 2.75) is 0 Å². The molecule has 0 bridgehead atoms. The van der Waals surface area contributed by atoms with E-state index in [1.807, 2.05) is 0 Å². The Bertz CT molecular complexity index is 774. The van der Waals surface area contributed by atoms with Crippen molar-refractivity contribution in [3.8, 4) is 28.6 Å². The van der Waals surface area contributed by atoms with Gasteiger partial charge in [-0.25, -0.2) is 8.78 Å². The first kappa shape index (κ1) is 12.2. The molecule has 2 heterocycles. The van der Waals surface area contributed by atoms with Crippen LogP contribution in [0.3, 0.4) is 0 Å². The molecule has 7 heteroatoms. The van der Waals surface area contributed by atoms with Gasteiger partial charge in [0.05, 0.1) is 11.8 Å². The molecule has 0 atom stereocenters. The van der Waals surface area contributed by atoms with Crippen LogP contribution in [0.15, 0.2) is 41.2 Å². The van der Waals surface area contributed by atoms with Gasteiger partial charge in [0.25, 0.3) is 5.89 Å². The van der Waals surface area contributed by atoms with Crippen molar-refractivity contribution < 1.29 is 18.4 Å². The predicted octanol–water partition coefficient (Wildman–Crippen LogP) is 2.78. The Balaban J connectivity index is 1.99. The molecule has 0 fully saturated rings. The number of pyridine rings is 1. The zero-order valence-electron chi connectivity index (χ0n) is 9.92. The SMILES string of the molecule is Oc1cncc(-c2nc(-c3ccc(F)c(F)c3)no2)c1. The molecule has 0 unspecified atom stereocenters. The van der Waals surface area contributed by atoms with Gasteiger partial charge in [0.15, 0.2) is 11.6 Å². The Morgan fingerprint density at radius 3 is 2.60 bits per heavy atom. The Morgan fingerprint density at radius 2 is 1.85 bits per heavy atom. The molecule has 0 spiro atoms. The van der Waals surface area contributed by atoms with Gasteiger partial charge >= 0.3 is 0 Å². The van der Waals surface area contributed by atoms with Gasteiger partial charge in [-0.05, 0) is 24.3 Å². The van der Waals surface area contributed by atoms with Crippen molar-refractivity contribution in [2.75, 3.05) is 0 Å². The Morgan fingerprint density at radius 1 is 1.00 bits per heavy atom. The maximum atomic E-state index is 13.1. The molecule has 0 saturated carbocycles. The molecular weight excluding hydrogens is 268 g/mol. The molecule has 2 aromatic heterocycles. The molecule has 3 aromatic rings. The van der Waals surface area contributed by atoms with Gasteiger partial charge in [0, 0.05) is 11.8 Å². The lowest BCUT2D eigenvalue weighted by Crippen LogP contribution is -1.87. The molecule has 0 aliphatic heterocycles. The number of rotatable bonds is 2. The third-order valence-corrected chi connectivity index (χ3v) is 2.57. The van der Waals surface area contributed by atoms with Crippen LogP contribution in [-0.4, -0.2) is 20.2 Å². The first-order chi connectivity index (χ1) is 9.63. The highest BCUT2D eigenvalue weighted by atomic mass is 19.2. The normalized spacial score (nSPS) is 10.7. The fourth-order valence-electron chi connectivity index (χ4n) is 1.64. The minimum Gasteiger partial charge on any atom is -0.506 e. The minimum absolute atomic E-state index is 0.0462. The minimum atomic E-state index is -0.993. The first-order valence-electron chi connectivity index (χ1n) is 5.57. The lowest BCUT2D eigenvalue weighted by Gasteiger charge is -1.95. The summed E-state index contributed by atoms with van der Waals surface area (Å²) in [6.07, 6.45) is 2.69. The van der Waals surface area contributed by atoms with E-state index in [4.69, 9.17) is 4.52 Å². The summed E-state index contributed by atoms with van der Waals surface area (Å²) in [5.41, 5.74) is 0.707. The van der Waals surface area contributed by atoms with Crippen LogP contribution < -0.4 is 0 Å². The van der Waals surface area contributed by atoms with Crippen LogP contribution in [0, 0.1) is 11.6 Å². The highest BCUT2D eigenvalue weighted by Gasteiger charge is 2.13. The highest BCUT2D eigenvalue weighted by molar-refractivity contribution is 5.59. The maximum absolute atomic E-state index is 13.1. The van der Waals surface area contributed by atoms with E-state index in [2.05, 4.69) is 15.1 Å². The molecule has 0 aliphatic rings. The molecule has 0 radical (unpaired) electrons. The quantitative estimate of drug-likeness (QED) is 0.778. The summed E-state index contributed by atoms with van der Waals surface area (Å²) in [6, 6.07) is 4.70. The molecule has 1 aromatic carbocycles. The molecular formula is C13H7F2N3O2. The van der Waals surface area contributed by atoms with Crippen molar-refractivity contribution in [1.29, 1.82) is 0 Å². The van der Waals surface area contributed by atoms with Crippen molar-refractivity contribution in [2.24, 2.45) is 0 Å². The van der Waals surface area contributed by atoms with Gasteiger partial charge in [-0.2, -0.15) is 4.98 Å². The molecule has 1 N–H and O–H groups in total. The van der Waals surface area contributed by atoms with Crippen LogP contribution >= 0.6 is 0 Å². The third kappa shape index (κ3) is 2.20. The summed E-state index contributed by atoms with van der Waals surface area (Å²) < 4.78 is 31.0. The van der Waals surface area contributed by atoms with E-state index in [1.165, 1.54) is 24.5 Å². The molecule has 0 amide bonds. The van der Waals surface area contributed by atoms with Crippen LogP contribution in [0.5, 0.6) is 5.75 Å². The van der Waals surface area contributed by atoms with E-state index in [-0.39, 0.29) is 23.0 Å².